The maximum absolute atomic E-state index is 11.3. The van der Waals surface area contributed by atoms with Crippen molar-refractivity contribution < 1.29 is 8.42 Å². The van der Waals surface area contributed by atoms with Crippen LogP contribution in [0, 0.1) is 6.92 Å². The molecule has 21 heavy (non-hydrogen) atoms. The van der Waals surface area contributed by atoms with Gasteiger partial charge in [-0.1, -0.05) is 6.07 Å². The highest BCUT2D eigenvalue weighted by atomic mass is 32.2. The van der Waals surface area contributed by atoms with E-state index in [2.05, 4.69) is 24.4 Å². The van der Waals surface area contributed by atoms with E-state index in [0.29, 0.717) is 6.54 Å². The molecule has 0 saturated carbocycles. The molecule has 0 spiro atoms. The van der Waals surface area contributed by atoms with Crippen LogP contribution in [0.1, 0.15) is 11.3 Å². The molecule has 0 aromatic carbocycles. The molecule has 0 bridgehead atoms. The highest BCUT2D eigenvalue weighted by Gasteiger charge is 2.22. The number of aryl methyl sites for hydroxylation is 1. The highest BCUT2D eigenvalue weighted by Crippen LogP contribution is 2.12. The molecule has 2 rings (SSSR count). The first kappa shape index (κ1) is 15.8. The van der Waals surface area contributed by atoms with Crippen molar-refractivity contribution in [1.82, 2.24) is 15.6 Å². The minimum atomic E-state index is -3.71. The lowest BCUT2D eigenvalue weighted by atomic mass is 10.2. The average Bonchev–Trinajstić information content (AvgIpc) is 2.75. The number of thioether (sulfide) groups is 1. The Morgan fingerprint density at radius 2 is 2.05 bits per heavy atom. The topological polar surface area (TPSA) is 95.8 Å². The summed E-state index contributed by atoms with van der Waals surface area (Å²) < 4.78 is 29.5. The Kier molecular flexibility index (Phi) is 5.18. The number of likely N-dealkylation sites (N-methyl/N-ethyl adjacent to an activating group) is 1. The van der Waals surface area contributed by atoms with E-state index >= 15 is 0 Å². The van der Waals surface area contributed by atoms with Crippen molar-refractivity contribution >= 4 is 33.6 Å². The van der Waals surface area contributed by atoms with Gasteiger partial charge in [0, 0.05) is 31.3 Å². The smallest absolute Gasteiger partial charge is 0.367 e. The van der Waals surface area contributed by atoms with E-state index in [1.54, 1.807) is 25.0 Å². The molecule has 2 heterocycles. The van der Waals surface area contributed by atoms with Crippen LogP contribution in [0.3, 0.4) is 0 Å². The molecule has 1 aromatic rings. The fourth-order valence-electron chi connectivity index (χ4n) is 1.70. The number of amidine groups is 2. The summed E-state index contributed by atoms with van der Waals surface area (Å²) in [5.74, 6) is 2.16. The van der Waals surface area contributed by atoms with Gasteiger partial charge < -0.3 is 10.6 Å². The monoisotopic (exact) mass is 327 g/mol. The van der Waals surface area contributed by atoms with Crippen molar-refractivity contribution in [3.8, 4) is 0 Å². The molecule has 0 aliphatic carbocycles. The van der Waals surface area contributed by atoms with Crippen LogP contribution in [0.2, 0.25) is 0 Å². The maximum Gasteiger partial charge on any atom is 0.367 e. The van der Waals surface area contributed by atoms with E-state index in [0.717, 1.165) is 17.2 Å². The third kappa shape index (κ3) is 4.43. The summed E-state index contributed by atoms with van der Waals surface area (Å²) in [6.07, 6.45) is 1.79. The molecular formula is C12H17N5O2S2. The van der Waals surface area contributed by atoms with Crippen LogP contribution in [-0.2, 0) is 16.0 Å². The predicted octanol–water partition coefficient (Wildman–Crippen LogP) is 0.488. The summed E-state index contributed by atoms with van der Waals surface area (Å²) in [5.41, 5.74) is 2.24. The van der Waals surface area contributed by atoms with Gasteiger partial charge in [0.2, 0.25) is 0 Å². The summed E-state index contributed by atoms with van der Waals surface area (Å²) >= 11 is 1.72. The number of nitrogens with zero attached hydrogens (tertiary/aromatic N) is 3. The Labute approximate surface area is 128 Å². The molecule has 0 saturated heterocycles. The van der Waals surface area contributed by atoms with E-state index in [9.17, 15) is 8.42 Å². The van der Waals surface area contributed by atoms with Crippen molar-refractivity contribution in [2.75, 3.05) is 19.3 Å². The maximum atomic E-state index is 11.3. The van der Waals surface area contributed by atoms with Gasteiger partial charge in [-0.05, 0) is 18.6 Å². The Balaban J connectivity index is 1.76. The van der Waals surface area contributed by atoms with Gasteiger partial charge in [-0.15, -0.1) is 8.80 Å². The van der Waals surface area contributed by atoms with Crippen molar-refractivity contribution in [2.24, 2.45) is 8.80 Å². The molecule has 0 fully saturated rings. The molecule has 114 valence electrons. The van der Waals surface area contributed by atoms with Crippen molar-refractivity contribution in [3.05, 3.63) is 29.6 Å². The number of hydrogen-bond donors (Lipinski definition) is 2. The third-order valence-corrected chi connectivity index (χ3v) is 4.57. The molecule has 1 aliphatic heterocycles. The molecule has 0 atom stereocenters. The fraction of sp³-hybridized carbons (Fsp3) is 0.417. The van der Waals surface area contributed by atoms with Gasteiger partial charge in [0.15, 0.2) is 11.7 Å². The standard InChI is InChI=1S/C12H17N5O2S2/c1-9-4-3-5-14-10(9)8-20-7-6-15-12-11(13-2)16-21(18,19)17-12/h3-5H,6-8H2,1-2H3,(H,13,16)(H,15,17). The van der Waals surface area contributed by atoms with Gasteiger partial charge in [0.05, 0.1) is 5.69 Å². The molecule has 7 nitrogen and oxygen atoms in total. The molecular weight excluding hydrogens is 310 g/mol. The quantitative estimate of drug-likeness (QED) is 0.764. The Morgan fingerprint density at radius 1 is 1.29 bits per heavy atom. The molecule has 0 amide bonds. The largest absolute Gasteiger partial charge is 0.369 e. The molecule has 1 aliphatic rings. The highest BCUT2D eigenvalue weighted by molar-refractivity contribution is 7.98. The van der Waals surface area contributed by atoms with Gasteiger partial charge in [0.1, 0.15) is 0 Å². The summed E-state index contributed by atoms with van der Waals surface area (Å²) in [6, 6.07) is 3.96. The first-order valence-electron chi connectivity index (χ1n) is 6.37. The van der Waals surface area contributed by atoms with Gasteiger partial charge in [-0.3, -0.25) is 4.98 Å². The second kappa shape index (κ2) is 6.90. The Morgan fingerprint density at radius 3 is 2.76 bits per heavy atom. The number of pyridine rings is 1. The van der Waals surface area contributed by atoms with Gasteiger partial charge in [-0.2, -0.15) is 20.2 Å². The van der Waals surface area contributed by atoms with Gasteiger partial charge in [0.25, 0.3) is 0 Å². The second-order valence-electron chi connectivity index (χ2n) is 4.32. The molecule has 0 unspecified atom stereocenters. The van der Waals surface area contributed by atoms with Crippen molar-refractivity contribution in [1.29, 1.82) is 0 Å². The number of nitrogens with one attached hydrogen (secondary N) is 2. The van der Waals surface area contributed by atoms with Crippen LogP contribution in [0.4, 0.5) is 0 Å². The molecule has 0 radical (unpaired) electrons. The SMILES string of the molecule is CNC1=NS(=O)(=O)N=C1NCCSCc1ncccc1C. The molecule has 2 N–H and O–H groups in total. The minimum absolute atomic E-state index is 0.251. The van der Waals surface area contributed by atoms with E-state index in [4.69, 9.17) is 0 Å². The van der Waals surface area contributed by atoms with E-state index < -0.39 is 10.2 Å². The lowest BCUT2D eigenvalue weighted by molar-refractivity contribution is 0.600. The summed E-state index contributed by atoms with van der Waals surface area (Å²) in [6.45, 7) is 2.64. The summed E-state index contributed by atoms with van der Waals surface area (Å²) in [4.78, 5) is 4.32. The number of hydrogen-bond acceptors (Lipinski definition) is 6. The van der Waals surface area contributed by atoms with Crippen LogP contribution in [-0.4, -0.2) is 44.4 Å². The van der Waals surface area contributed by atoms with Gasteiger partial charge in [-0.25, -0.2) is 0 Å². The lowest BCUT2D eigenvalue weighted by Crippen LogP contribution is -2.37. The Bertz CT molecular complexity index is 670. The first-order valence-corrected chi connectivity index (χ1v) is 8.92. The zero-order chi connectivity index (χ0) is 15.3. The fourth-order valence-corrected chi connectivity index (χ4v) is 3.41. The van der Waals surface area contributed by atoms with Crippen LogP contribution in [0.15, 0.2) is 27.1 Å². The lowest BCUT2D eigenvalue weighted by Gasteiger charge is -2.07. The summed E-state index contributed by atoms with van der Waals surface area (Å²) in [5, 5.41) is 5.68. The van der Waals surface area contributed by atoms with Crippen LogP contribution < -0.4 is 10.6 Å². The van der Waals surface area contributed by atoms with Gasteiger partial charge >= 0.3 is 10.2 Å². The second-order valence-corrected chi connectivity index (χ2v) is 6.69. The average molecular weight is 327 g/mol. The van der Waals surface area contributed by atoms with E-state index in [-0.39, 0.29) is 11.7 Å². The van der Waals surface area contributed by atoms with Crippen LogP contribution in [0.25, 0.3) is 0 Å². The van der Waals surface area contributed by atoms with E-state index in [1.165, 1.54) is 5.56 Å². The van der Waals surface area contributed by atoms with Crippen LogP contribution in [0.5, 0.6) is 0 Å². The number of rotatable bonds is 5. The van der Waals surface area contributed by atoms with Crippen LogP contribution >= 0.6 is 11.8 Å². The zero-order valence-corrected chi connectivity index (χ0v) is 13.5. The Hall–Kier alpha value is -1.61. The zero-order valence-electron chi connectivity index (χ0n) is 11.8. The first-order chi connectivity index (χ1) is 10.0. The molecule has 1 aromatic heterocycles. The van der Waals surface area contributed by atoms with E-state index in [1.807, 2.05) is 19.1 Å². The normalized spacial score (nSPS) is 16.3. The third-order valence-electron chi connectivity index (χ3n) is 2.77. The number of aromatic nitrogens is 1. The minimum Gasteiger partial charge on any atom is -0.369 e. The van der Waals surface area contributed by atoms with Crippen molar-refractivity contribution in [3.63, 3.8) is 0 Å². The predicted molar refractivity (Wildman–Crippen MR) is 86.0 cm³/mol. The van der Waals surface area contributed by atoms with Crippen molar-refractivity contribution in [2.45, 2.75) is 12.7 Å². The molecule has 9 heteroatoms. The summed E-state index contributed by atoms with van der Waals surface area (Å²) in [7, 11) is -2.11.